The van der Waals surface area contributed by atoms with E-state index >= 15 is 0 Å². The first kappa shape index (κ1) is 28.4. The molecule has 204 valence electrons. The molecule has 3 aromatic carbocycles. The summed E-state index contributed by atoms with van der Waals surface area (Å²) < 4.78 is 33.6. The highest BCUT2D eigenvalue weighted by atomic mass is 32.2. The lowest BCUT2D eigenvalue weighted by molar-refractivity contribution is -0.123. The third kappa shape index (κ3) is 7.10. The van der Waals surface area contributed by atoms with Crippen LogP contribution in [0.15, 0.2) is 89.1 Å². The minimum atomic E-state index is -4.01. The van der Waals surface area contributed by atoms with Crippen LogP contribution in [-0.2, 0) is 38.5 Å². The molecular weight excluding hydrogens is 534 g/mol. The highest BCUT2D eigenvalue weighted by Gasteiger charge is 2.28. The second-order valence-electron chi connectivity index (χ2n) is 8.97. The second-order valence-corrected chi connectivity index (χ2v) is 11.4. The highest BCUT2D eigenvalue weighted by Crippen LogP contribution is 2.31. The fraction of sp³-hybridized carbons (Fsp3) is 0.241. The van der Waals surface area contributed by atoms with E-state index < -0.39 is 22.1 Å². The molecule has 0 aliphatic heterocycles. The Hall–Kier alpha value is -3.57. The van der Waals surface area contributed by atoms with Crippen molar-refractivity contribution >= 4 is 27.4 Å². The van der Waals surface area contributed by atoms with Gasteiger partial charge in [0, 0.05) is 10.9 Å². The zero-order chi connectivity index (χ0) is 27.8. The van der Waals surface area contributed by atoms with E-state index in [1.54, 1.807) is 19.2 Å². The SMILES string of the molecule is CCc1csc(C(Cc2ccc(S(=O)(=O)ON)cc2)NC(=O)C(Cc2ccccc2)c2ccccc2OC)n1. The van der Waals surface area contributed by atoms with Gasteiger partial charge in [0.2, 0.25) is 5.91 Å². The van der Waals surface area contributed by atoms with Gasteiger partial charge in [-0.1, -0.05) is 67.6 Å². The van der Waals surface area contributed by atoms with E-state index in [9.17, 15) is 13.2 Å². The Bertz CT molecular complexity index is 1490. The fourth-order valence-electron chi connectivity index (χ4n) is 4.35. The van der Waals surface area contributed by atoms with E-state index in [2.05, 4.69) is 9.60 Å². The molecular formula is C29H31N3O5S2. The first-order valence-electron chi connectivity index (χ1n) is 12.5. The predicted octanol–water partition coefficient (Wildman–Crippen LogP) is 4.72. The van der Waals surface area contributed by atoms with Crippen LogP contribution in [0.2, 0.25) is 0 Å². The third-order valence-electron chi connectivity index (χ3n) is 6.44. The summed E-state index contributed by atoms with van der Waals surface area (Å²) in [5.41, 5.74) is 3.59. The van der Waals surface area contributed by atoms with E-state index in [1.807, 2.05) is 66.9 Å². The number of carbonyl (C=O) groups is 1. The van der Waals surface area contributed by atoms with Crippen LogP contribution >= 0.6 is 11.3 Å². The standard InChI is InChI=1S/C29H31N3O5S2/c1-3-22-19-38-29(31-22)26(18-21-13-15-23(16-14-21)39(34,35)37-30)32-28(33)25(17-20-9-5-4-6-10-20)24-11-7-8-12-27(24)36-2/h4-16,19,25-26H,3,17-18,30H2,1-2H3,(H,32,33). The summed E-state index contributed by atoms with van der Waals surface area (Å²) in [5.74, 6) is 4.89. The molecule has 10 heteroatoms. The van der Waals surface area contributed by atoms with Crippen molar-refractivity contribution in [1.82, 2.24) is 10.3 Å². The van der Waals surface area contributed by atoms with Crippen LogP contribution in [0.5, 0.6) is 5.75 Å². The number of carbonyl (C=O) groups excluding carboxylic acids is 1. The van der Waals surface area contributed by atoms with Crippen molar-refractivity contribution in [2.45, 2.75) is 43.0 Å². The molecule has 1 amide bonds. The Morgan fingerprint density at radius 1 is 0.974 bits per heavy atom. The first-order valence-corrected chi connectivity index (χ1v) is 14.8. The van der Waals surface area contributed by atoms with Crippen molar-refractivity contribution < 1.29 is 22.2 Å². The molecule has 1 aromatic heterocycles. The highest BCUT2D eigenvalue weighted by molar-refractivity contribution is 7.86. The van der Waals surface area contributed by atoms with E-state index in [0.29, 0.717) is 18.6 Å². The number of ether oxygens (including phenoxy) is 1. The topological polar surface area (TPSA) is 121 Å². The molecule has 1 heterocycles. The molecule has 3 N–H and O–H groups in total. The number of nitrogens with two attached hydrogens (primary N) is 1. The summed E-state index contributed by atoms with van der Waals surface area (Å²) in [5, 5.41) is 6.00. The zero-order valence-corrected chi connectivity index (χ0v) is 23.4. The van der Waals surface area contributed by atoms with Crippen molar-refractivity contribution in [2.75, 3.05) is 7.11 Å². The lowest BCUT2D eigenvalue weighted by atomic mass is 9.90. The van der Waals surface area contributed by atoms with Gasteiger partial charge in [0.25, 0.3) is 0 Å². The molecule has 0 saturated carbocycles. The predicted molar refractivity (Wildman–Crippen MR) is 151 cm³/mol. The van der Waals surface area contributed by atoms with Crippen molar-refractivity contribution in [3.05, 3.63) is 112 Å². The van der Waals surface area contributed by atoms with Crippen molar-refractivity contribution in [1.29, 1.82) is 0 Å². The minimum absolute atomic E-state index is 0.0454. The lowest BCUT2D eigenvalue weighted by Gasteiger charge is -2.23. The van der Waals surface area contributed by atoms with Crippen LogP contribution in [0.4, 0.5) is 0 Å². The van der Waals surface area contributed by atoms with Gasteiger partial charge in [0.05, 0.1) is 29.7 Å². The van der Waals surface area contributed by atoms with Gasteiger partial charge in [-0.2, -0.15) is 18.6 Å². The maximum atomic E-state index is 14.0. The number of aromatic nitrogens is 1. The van der Waals surface area contributed by atoms with Crippen LogP contribution in [-0.4, -0.2) is 26.4 Å². The Labute approximate surface area is 232 Å². The summed E-state index contributed by atoms with van der Waals surface area (Å²) in [6, 6.07) is 23.2. The van der Waals surface area contributed by atoms with Gasteiger partial charge < -0.3 is 10.1 Å². The van der Waals surface area contributed by atoms with Crippen molar-refractivity contribution in [2.24, 2.45) is 5.90 Å². The molecule has 0 spiro atoms. The number of nitrogens with one attached hydrogen (secondary N) is 1. The Morgan fingerprint density at radius 2 is 1.64 bits per heavy atom. The van der Waals surface area contributed by atoms with Gasteiger partial charge >= 0.3 is 10.1 Å². The molecule has 8 nitrogen and oxygen atoms in total. The van der Waals surface area contributed by atoms with Crippen molar-refractivity contribution in [3.8, 4) is 5.75 Å². The molecule has 0 radical (unpaired) electrons. The van der Waals surface area contributed by atoms with Crippen LogP contribution in [0, 0.1) is 0 Å². The number of nitrogens with zero attached hydrogens (tertiary/aromatic N) is 1. The largest absolute Gasteiger partial charge is 0.496 e. The number of hydrogen-bond donors (Lipinski definition) is 2. The molecule has 0 bridgehead atoms. The van der Waals surface area contributed by atoms with Crippen LogP contribution in [0.1, 0.15) is 46.3 Å². The number of hydrogen-bond acceptors (Lipinski definition) is 8. The van der Waals surface area contributed by atoms with Gasteiger partial charge in [0.15, 0.2) is 0 Å². The number of thiazole rings is 1. The normalized spacial score (nSPS) is 13.0. The van der Waals surface area contributed by atoms with E-state index in [-0.39, 0.29) is 10.8 Å². The van der Waals surface area contributed by atoms with Crippen LogP contribution in [0.3, 0.4) is 0 Å². The maximum absolute atomic E-state index is 14.0. The smallest absolute Gasteiger partial charge is 0.312 e. The molecule has 0 saturated heterocycles. The summed E-state index contributed by atoms with van der Waals surface area (Å²) in [4.78, 5) is 18.7. The van der Waals surface area contributed by atoms with Gasteiger partial charge in [-0.3, -0.25) is 4.79 Å². The van der Waals surface area contributed by atoms with Gasteiger partial charge in [-0.25, -0.2) is 4.98 Å². The third-order valence-corrected chi connectivity index (χ3v) is 8.55. The Morgan fingerprint density at radius 3 is 2.28 bits per heavy atom. The molecule has 2 unspecified atom stereocenters. The quantitative estimate of drug-likeness (QED) is 0.239. The number of amides is 1. The van der Waals surface area contributed by atoms with Gasteiger partial charge in [0.1, 0.15) is 10.8 Å². The monoisotopic (exact) mass is 565 g/mol. The van der Waals surface area contributed by atoms with Crippen LogP contribution < -0.4 is 16.0 Å². The maximum Gasteiger partial charge on any atom is 0.312 e. The molecule has 39 heavy (non-hydrogen) atoms. The van der Waals surface area contributed by atoms with Gasteiger partial charge in [-0.05, 0) is 48.6 Å². The van der Waals surface area contributed by atoms with Gasteiger partial charge in [-0.15, -0.1) is 11.3 Å². The molecule has 4 rings (SSSR count). The number of aryl methyl sites for hydroxylation is 1. The summed E-state index contributed by atoms with van der Waals surface area (Å²) in [7, 11) is -2.41. The molecule has 0 aliphatic rings. The first-order chi connectivity index (χ1) is 18.8. The number of para-hydroxylation sites is 1. The second kappa shape index (κ2) is 13.0. The molecule has 2 atom stereocenters. The van der Waals surface area contributed by atoms with Crippen LogP contribution in [0.25, 0.3) is 0 Å². The summed E-state index contributed by atoms with van der Waals surface area (Å²) in [6.45, 7) is 2.03. The minimum Gasteiger partial charge on any atom is -0.496 e. The summed E-state index contributed by atoms with van der Waals surface area (Å²) >= 11 is 1.49. The Kier molecular flexibility index (Phi) is 9.47. The average Bonchev–Trinajstić information content (AvgIpc) is 3.46. The van der Waals surface area contributed by atoms with E-state index in [4.69, 9.17) is 15.6 Å². The number of rotatable bonds is 12. The van der Waals surface area contributed by atoms with E-state index in [1.165, 1.54) is 23.5 Å². The fourth-order valence-corrected chi connectivity index (χ4v) is 5.88. The number of benzene rings is 3. The Balaban J connectivity index is 1.66. The number of methoxy groups -OCH3 is 1. The van der Waals surface area contributed by atoms with E-state index in [0.717, 1.165) is 33.8 Å². The molecule has 0 aliphatic carbocycles. The zero-order valence-electron chi connectivity index (χ0n) is 21.7. The average molecular weight is 566 g/mol. The lowest BCUT2D eigenvalue weighted by Crippen LogP contribution is -2.35. The van der Waals surface area contributed by atoms with Crippen molar-refractivity contribution in [3.63, 3.8) is 0 Å². The molecule has 0 fully saturated rings. The molecule has 4 aromatic rings. The summed E-state index contributed by atoms with van der Waals surface area (Å²) in [6.07, 6.45) is 1.68.